The van der Waals surface area contributed by atoms with Gasteiger partial charge in [0.2, 0.25) is 0 Å². The van der Waals surface area contributed by atoms with Crippen molar-refractivity contribution in [3.8, 4) is 0 Å². The minimum Gasteiger partial charge on any atom is -0.316 e. The third-order valence-electron chi connectivity index (χ3n) is 4.09. The fourth-order valence-electron chi connectivity index (χ4n) is 2.94. The van der Waals surface area contributed by atoms with Crippen LogP contribution in [-0.2, 0) is 0 Å². The second-order valence-corrected chi connectivity index (χ2v) is 5.72. The Hall–Kier alpha value is -0.0400. The lowest BCUT2D eigenvalue weighted by Gasteiger charge is -2.43. The van der Waals surface area contributed by atoms with Crippen LogP contribution in [0.3, 0.4) is 0 Å². The van der Waals surface area contributed by atoms with E-state index in [0.717, 1.165) is 0 Å². The summed E-state index contributed by atoms with van der Waals surface area (Å²) >= 11 is 0. The first-order valence-electron chi connectivity index (χ1n) is 7.54. The average molecular weight is 225 g/mol. The topological polar surface area (TPSA) is 12.0 Å². The van der Waals surface area contributed by atoms with Crippen LogP contribution in [-0.4, -0.2) is 13.1 Å². The summed E-state index contributed by atoms with van der Waals surface area (Å²) < 4.78 is 0. The highest BCUT2D eigenvalue weighted by Gasteiger charge is 2.34. The molecular formula is C15H31N. The van der Waals surface area contributed by atoms with Crippen molar-refractivity contribution in [3.05, 3.63) is 0 Å². The summed E-state index contributed by atoms with van der Waals surface area (Å²) in [6.45, 7) is 7.19. The molecular weight excluding hydrogens is 194 g/mol. The maximum atomic E-state index is 3.46. The first-order chi connectivity index (χ1) is 7.83. The number of nitrogens with one attached hydrogen (secondary N) is 1. The van der Waals surface area contributed by atoms with Crippen LogP contribution in [0, 0.1) is 5.41 Å². The molecule has 96 valence electrons. The predicted octanol–water partition coefficient (Wildman–Crippen LogP) is 4.52. The van der Waals surface area contributed by atoms with Crippen LogP contribution >= 0.6 is 0 Å². The first-order valence-corrected chi connectivity index (χ1v) is 7.54. The van der Waals surface area contributed by atoms with Gasteiger partial charge < -0.3 is 5.32 Å². The molecule has 0 amide bonds. The summed E-state index contributed by atoms with van der Waals surface area (Å²) in [6.07, 6.45) is 14.4. The number of rotatable bonds is 10. The first kappa shape index (κ1) is 14.0. The van der Waals surface area contributed by atoms with E-state index in [0.29, 0.717) is 5.41 Å². The van der Waals surface area contributed by atoms with Crippen molar-refractivity contribution in [2.75, 3.05) is 13.1 Å². The van der Waals surface area contributed by atoms with Crippen molar-refractivity contribution >= 4 is 0 Å². The van der Waals surface area contributed by atoms with Crippen LogP contribution in [0.2, 0.25) is 0 Å². The van der Waals surface area contributed by atoms with Crippen LogP contribution in [0.5, 0.6) is 0 Å². The quantitative estimate of drug-likeness (QED) is 0.539. The molecule has 0 saturated carbocycles. The van der Waals surface area contributed by atoms with Gasteiger partial charge in [-0.3, -0.25) is 0 Å². The molecule has 1 rings (SSSR count). The smallest absolute Gasteiger partial charge is 0.00202 e. The predicted molar refractivity (Wildman–Crippen MR) is 72.8 cm³/mol. The van der Waals surface area contributed by atoms with E-state index in [-0.39, 0.29) is 0 Å². The standard InChI is InChI=1S/C15H31N/c1-3-5-6-7-8-9-10-12-15(11-4-2)13-16-14-15/h16H,3-14H2,1-2H3. The molecule has 1 nitrogen and oxygen atoms in total. The van der Waals surface area contributed by atoms with Crippen LogP contribution < -0.4 is 5.32 Å². The SMILES string of the molecule is CCCCCCCCCC1(CCC)CNC1. The van der Waals surface area contributed by atoms with Gasteiger partial charge in [0.25, 0.3) is 0 Å². The van der Waals surface area contributed by atoms with Crippen molar-refractivity contribution in [1.82, 2.24) is 5.32 Å². The molecule has 0 aromatic heterocycles. The molecule has 16 heavy (non-hydrogen) atoms. The highest BCUT2D eigenvalue weighted by Crippen LogP contribution is 2.34. The van der Waals surface area contributed by atoms with Gasteiger partial charge in [-0.2, -0.15) is 0 Å². The fourth-order valence-corrected chi connectivity index (χ4v) is 2.94. The van der Waals surface area contributed by atoms with Gasteiger partial charge in [-0.1, -0.05) is 65.2 Å². The molecule has 0 radical (unpaired) electrons. The van der Waals surface area contributed by atoms with Crippen molar-refractivity contribution < 1.29 is 0 Å². The van der Waals surface area contributed by atoms with Gasteiger partial charge in [0.05, 0.1) is 0 Å². The Morgan fingerprint density at radius 1 is 0.750 bits per heavy atom. The molecule has 0 atom stereocenters. The molecule has 1 N–H and O–H groups in total. The number of hydrogen-bond donors (Lipinski definition) is 1. The van der Waals surface area contributed by atoms with Gasteiger partial charge in [0.15, 0.2) is 0 Å². The minimum absolute atomic E-state index is 0.707. The normalized spacial score (nSPS) is 18.4. The lowest BCUT2D eigenvalue weighted by molar-refractivity contribution is 0.132. The summed E-state index contributed by atoms with van der Waals surface area (Å²) in [5.41, 5.74) is 0.707. The van der Waals surface area contributed by atoms with Gasteiger partial charge in [-0.15, -0.1) is 0 Å². The Balaban J connectivity index is 1.93. The van der Waals surface area contributed by atoms with E-state index in [4.69, 9.17) is 0 Å². The second-order valence-electron chi connectivity index (χ2n) is 5.72. The summed E-state index contributed by atoms with van der Waals surface area (Å²) in [7, 11) is 0. The van der Waals surface area contributed by atoms with Crippen LogP contribution in [0.25, 0.3) is 0 Å². The Morgan fingerprint density at radius 3 is 1.88 bits per heavy atom. The molecule has 0 unspecified atom stereocenters. The van der Waals surface area contributed by atoms with E-state index in [1.54, 1.807) is 0 Å². The minimum atomic E-state index is 0.707. The molecule has 1 heterocycles. The van der Waals surface area contributed by atoms with E-state index in [1.807, 2.05) is 0 Å². The maximum absolute atomic E-state index is 3.46. The number of hydrogen-bond acceptors (Lipinski definition) is 1. The summed E-state index contributed by atoms with van der Waals surface area (Å²) in [5, 5.41) is 3.46. The van der Waals surface area contributed by atoms with Crippen molar-refractivity contribution in [1.29, 1.82) is 0 Å². The highest BCUT2D eigenvalue weighted by molar-refractivity contribution is 4.91. The summed E-state index contributed by atoms with van der Waals surface area (Å²) in [6, 6.07) is 0. The van der Waals surface area contributed by atoms with Crippen LogP contribution in [0.4, 0.5) is 0 Å². The van der Waals surface area contributed by atoms with Gasteiger partial charge in [-0.25, -0.2) is 0 Å². The third-order valence-corrected chi connectivity index (χ3v) is 4.09. The van der Waals surface area contributed by atoms with E-state index >= 15 is 0 Å². The third kappa shape index (κ3) is 4.86. The zero-order chi connectivity index (χ0) is 11.7. The Kier molecular flexibility index (Phi) is 7.11. The van der Waals surface area contributed by atoms with E-state index in [1.165, 1.54) is 77.3 Å². The van der Waals surface area contributed by atoms with E-state index in [2.05, 4.69) is 19.2 Å². The average Bonchev–Trinajstić information content (AvgIpc) is 2.24. The van der Waals surface area contributed by atoms with Crippen molar-refractivity contribution in [2.24, 2.45) is 5.41 Å². The van der Waals surface area contributed by atoms with Crippen LogP contribution in [0.1, 0.15) is 78.1 Å². The van der Waals surface area contributed by atoms with E-state index in [9.17, 15) is 0 Å². The molecule has 1 heteroatoms. The molecule has 1 saturated heterocycles. The maximum Gasteiger partial charge on any atom is 0.00202 e. The van der Waals surface area contributed by atoms with Gasteiger partial charge in [0, 0.05) is 13.1 Å². The van der Waals surface area contributed by atoms with Gasteiger partial charge >= 0.3 is 0 Å². The molecule has 1 aliphatic heterocycles. The molecule has 0 aromatic rings. The molecule has 0 aromatic carbocycles. The summed E-state index contributed by atoms with van der Waals surface area (Å²) in [5.74, 6) is 0. The Labute approximate surface area is 102 Å². The number of unbranched alkanes of at least 4 members (excludes halogenated alkanes) is 6. The molecule has 1 fully saturated rings. The highest BCUT2D eigenvalue weighted by atomic mass is 15.0. The van der Waals surface area contributed by atoms with Gasteiger partial charge in [-0.05, 0) is 18.3 Å². The fraction of sp³-hybridized carbons (Fsp3) is 1.00. The van der Waals surface area contributed by atoms with Crippen molar-refractivity contribution in [2.45, 2.75) is 78.1 Å². The lowest BCUT2D eigenvalue weighted by Crippen LogP contribution is -2.53. The van der Waals surface area contributed by atoms with Crippen LogP contribution in [0.15, 0.2) is 0 Å². The zero-order valence-corrected chi connectivity index (χ0v) is 11.5. The monoisotopic (exact) mass is 225 g/mol. The lowest BCUT2D eigenvalue weighted by atomic mass is 9.74. The molecule has 0 bridgehead atoms. The largest absolute Gasteiger partial charge is 0.316 e. The Morgan fingerprint density at radius 2 is 1.38 bits per heavy atom. The summed E-state index contributed by atoms with van der Waals surface area (Å²) in [4.78, 5) is 0. The Bertz CT molecular complexity index is 161. The van der Waals surface area contributed by atoms with Gasteiger partial charge in [0.1, 0.15) is 0 Å². The second kappa shape index (κ2) is 8.11. The molecule has 0 spiro atoms. The zero-order valence-electron chi connectivity index (χ0n) is 11.5. The molecule has 1 aliphatic rings. The van der Waals surface area contributed by atoms with Crippen molar-refractivity contribution in [3.63, 3.8) is 0 Å². The molecule has 0 aliphatic carbocycles. The van der Waals surface area contributed by atoms with E-state index < -0.39 is 0 Å².